The van der Waals surface area contributed by atoms with Crippen molar-refractivity contribution < 1.29 is 19.1 Å². The molecule has 0 unspecified atom stereocenters. The summed E-state index contributed by atoms with van der Waals surface area (Å²) in [5, 5.41) is 2.72. The summed E-state index contributed by atoms with van der Waals surface area (Å²) in [6.07, 6.45) is 3.87. The summed E-state index contributed by atoms with van der Waals surface area (Å²) in [5.41, 5.74) is 1.76. The van der Waals surface area contributed by atoms with E-state index in [1.807, 2.05) is 54.6 Å². The minimum Gasteiger partial charge on any atom is -0.484 e. The lowest BCUT2D eigenvalue weighted by Gasteiger charge is -2.41. The van der Waals surface area contributed by atoms with Gasteiger partial charge in [-0.25, -0.2) is 0 Å². The number of ether oxygens (including phenoxy) is 2. The van der Waals surface area contributed by atoms with Gasteiger partial charge >= 0.3 is 0 Å². The van der Waals surface area contributed by atoms with E-state index in [1.165, 1.54) is 0 Å². The van der Waals surface area contributed by atoms with Crippen molar-refractivity contribution in [3.8, 4) is 16.9 Å². The molecule has 4 rings (SSSR count). The summed E-state index contributed by atoms with van der Waals surface area (Å²) in [4.78, 5) is 31.7. The van der Waals surface area contributed by atoms with Crippen molar-refractivity contribution in [1.29, 1.82) is 0 Å². The Kier molecular flexibility index (Phi) is 7.00. The Labute approximate surface area is 193 Å². The number of amides is 2. The summed E-state index contributed by atoms with van der Waals surface area (Å²) in [6.45, 7) is 0.739. The number of rotatable bonds is 7. The van der Waals surface area contributed by atoms with Crippen molar-refractivity contribution in [2.45, 2.75) is 12.0 Å². The normalized spacial score (nSPS) is 17.9. The quantitative estimate of drug-likeness (QED) is 0.605. The molecular formula is C26H27N3O4. The number of nitrogens with one attached hydrogen (secondary N) is 1. The second kappa shape index (κ2) is 10.3. The van der Waals surface area contributed by atoms with E-state index in [9.17, 15) is 9.59 Å². The van der Waals surface area contributed by atoms with Gasteiger partial charge in [0.25, 0.3) is 11.8 Å². The Morgan fingerprint density at radius 1 is 1.09 bits per heavy atom. The molecular weight excluding hydrogens is 418 g/mol. The maximum atomic E-state index is 13.0. The molecule has 33 heavy (non-hydrogen) atoms. The monoisotopic (exact) mass is 445 g/mol. The number of para-hydroxylation sites is 1. The molecule has 2 heterocycles. The molecule has 7 nitrogen and oxygen atoms in total. The van der Waals surface area contributed by atoms with Crippen molar-refractivity contribution in [3.05, 3.63) is 84.7 Å². The first-order chi connectivity index (χ1) is 16.1. The SMILES string of the molecule is CNC(=O)[C@@]1(Cc2cccc(-c3cccnc3)c2)CN(C(=O)COc2ccccc2)CCO1. The minimum absolute atomic E-state index is 0.0929. The van der Waals surface area contributed by atoms with Gasteiger partial charge in [0, 0.05) is 32.4 Å². The predicted molar refractivity (Wildman–Crippen MR) is 125 cm³/mol. The molecule has 2 aromatic carbocycles. The average molecular weight is 446 g/mol. The molecule has 0 radical (unpaired) electrons. The van der Waals surface area contributed by atoms with Crippen molar-refractivity contribution in [3.63, 3.8) is 0 Å². The van der Waals surface area contributed by atoms with Crippen molar-refractivity contribution in [1.82, 2.24) is 15.2 Å². The Morgan fingerprint density at radius 2 is 1.91 bits per heavy atom. The van der Waals surface area contributed by atoms with Gasteiger partial charge in [-0.2, -0.15) is 0 Å². The van der Waals surface area contributed by atoms with Crippen LogP contribution in [0.1, 0.15) is 5.56 Å². The van der Waals surface area contributed by atoms with Crippen LogP contribution in [0, 0.1) is 0 Å². The molecule has 1 saturated heterocycles. The summed E-state index contributed by atoms with van der Waals surface area (Å²) in [6, 6.07) is 21.0. The number of carbonyl (C=O) groups excluding carboxylic acids is 2. The number of aromatic nitrogens is 1. The first kappa shape index (κ1) is 22.5. The van der Waals surface area contributed by atoms with Crippen LogP contribution in [0.25, 0.3) is 11.1 Å². The molecule has 7 heteroatoms. The third kappa shape index (κ3) is 5.38. The lowest BCUT2D eigenvalue weighted by atomic mass is 9.90. The molecule has 1 aliphatic heterocycles. The van der Waals surface area contributed by atoms with Gasteiger partial charge < -0.3 is 19.7 Å². The number of hydrogen-bond donors (Lipinski definition) is 1. The third-order valence-corrected chi connectivity index (χ3v) is 5.70. The fraction of sp³-hybridized carbons (Fsp3) is 0.269. The van der Waals surface area contributed by atoms with E-state index in [0.29, 0.717) is 18.7 Å². The second-order valence-corrected chi connectivity index (χ2v) is 7.96. The van der Waals surface area contributed by atoms with Crippen LogP contribution in [0.5, 0.6) is 5.75 Å². The van der Waals surface area contributed by atoms with Crippen molar-refractivity contribution in [2.24, 2.45) is 0 Å². The maximum absolute atomic E-state index is 13.0. The molecule has 2 amide bonds. The summed E-state index contributed by atoms with van der Waals surface area (Å²) < 4.78 is 11.7. The zero-order valence-corrected chi connectivity index (χ0v) is 18.6. The number of nitrogens with zero attached hydrogens (tertiary/aromatic N) is 2. The molecule has 1 atom stereocenters. The van der Waals surface area contributed by atoms with E-state index in [0.717, 1.165) is 16.7 Å². The minimum atomic E-state index is -1.18. The first-order valence-electron chi connectivity index (χ1n) is 10.9. The van der Waals surface area contributed by atoms with Gasteiger partial charge in [0.15, 0.2) is 12.2 Å². The summed E-state index contributed by atoms with van der Waals surface area (Å²) >= 11 is 0. The highest BCUT2D eigenvalue weighted by Gasteiger charge is 2.44. The molecule has 0 saturated carbocycles. The van der Waals surface area contributed by atoms with E-state index in [1.54, 1.807) is 36.5 Å². The fourth-order valence-electron chi connectivity index (χ4n) is 4.03. The highest BCUT2D eigenvalue weighted by atomic mass is 16.5. The molecule has 0 bridgehead atoms. The van der Waals surface area contributed by atoms with E-state index in [-0.39, 0.29) is 31.6 Å². The van der Waals surface area contributed by atoms with Crippen LogP contribution in [-0.2, 0) is 20.7 Å². The molecule has 0 spiro atoms. The van der Waals surface area contributed by atoms with Crippen molar-refractivity contribution in [2.75, 3.05) is 33.4 Å². The van der Waals surface area contributed by atoms with Crippen LogP contribution in [0.15, 0.2) is 79.1 Å². The number of carbonyl (C=O) groups is 2. The van der Waals surface area contributed by atoms with Crippen LogP contribution in [-0.4, -0.2) is 60.7 Å². The van der Waals surface area contributed by atoms with Crippen LogP contribution < -0.4 is 10.1 Å². The van der Waals surface area contributed by atoms with E-state index < -0.39 is 5.60 Å². The van der Waals surface area contributed by atoms with E-state index in [2.05, 4.69) is 10.3 Å². The zero-order chi connectivity index (χ0) is 23.1. The highest BCUT2D eigenvalue weighted by Crippen LogP contribution is 2.27. The van der Waals surface area contributed by atoms with Gasteiger partial charge in [-0.1, -0.05) is 48.5 Å². The number of likely N-dealkylation sites (N-methyl/N-ethyl adjacent to an activating group) is 1. The molecule has 170 valence electrons. The lowest BCUT2D eigenvalue weighted by Crippen LogP contribution is -2.62. The highest BCUT2D eigenvalue weighted by molar-refractivity contribution is 5.87. The Morgan fingerprint density at radius 3 is 2.67 bits per heavy atom. The number of benzene rings is 2. The summed E-state index contributed by atoms with van der Waals surface area (Å²) in [7, 11) is 1.58. The van der Waals surface area contributed by atoms with Gasteiger partial charge in [-0.15, -0.1) is 0 Å². The van der Waals surface area contributed by atoms with Gasteiger partial charge in [0.1, 0.15) is 5.75 Å². The topological polar surface area (TPSA) is 80.8 Å². The van der Waals surface area contributed by atoms with Crippen LogP contribution in [0.4, 0.5) is 0 Å². The number of hydrogen-bond acceptors (Lipinski definition) is 5. The molecule has 1 aromatic heterocycles. The van der Waals surface area contributed by atoms with Gasteiger partial charge in [-0.05, 0) is 34.9 Å². The number of pyridine rings is 1. The molecule has 1 N–H and O–H groups in total. The average Bonchev–Trinajstić information content (AvgIpc) is 2.88. The number of morpholine rings is 1. The molecule has 0 aliphatic carbocycles. The van der Waals surface area contributed by atoms with Crippen LogP contribution in [0.3, 0.4) is 0 Å². The van der Waals surface area contributed by atoms with Crippen LogP contribution >= 0.6 is 0 Å². The predicted octanol–water partition coefficient (Wildman–Crippen LogP) is 2.71. The molecule has 1 aliphatic rings. The van der Waals surface area contributed by atoms with Gasteiger partial charge in [-0.3, -0.25) is 14.6 Å². The van der Waals surface area contributed by atoms with E-state index >= 15 is 0 Å². The lowest BCUT2D eigenvalue weighted by molar-refractivity contribution is -0.166. The standard InChI is InChI=1S/C26H27N3O4/c1-27-25(31)26(16-20-7-5-8-21(15-20)22-9-6-12-28-17-22)19-29(13-14-33-26)24(30)18-32-23-10-3-2-4-11-23/h2-12,15,17H,13-14,16,18-19H2,1H3,(H,27,31)/t26-/m1/s1. The second-order valence-electron chi connectivity index (χ2n) is 7.96. The van der Waals surface area contributed by atoms with Gasteiger partial charge in [0.05, 0.1) is 13.2 Å². The Hall–Kier alpha value is -3.71. The zero-order valence-electron chi connectivity index (χ0n) is 18.6. The maximum Gasteiger partial charge on any atom is 0.260 e. The first-order valence-corrected chi connectivity index (χ1v) is 10.9. The van der Waals surface area contributed by atoms with E-state index in [4.69, 9.17) is 9.47 Å². The summed E-state index contributed by atoms with van der Waals surface area (Å²) in [5.74, 6) is 0.194. The molecule has 3 aromatic rings. The third-order valence-electron chi connectivity index (χ3n) is 5.70. The fourth-order valence-corrected chi connectivity index (χ4v) is 4.03. The Bertz CT molecular complexity index is 1090. The smallest absolute Gasteiger partial charge is 0.260 e. The largest absolute Gasteiger partial charge is 0.484 e. The Balaban J connectivity index is 1.51. The van der Waals surface area contributed by atoms with Crippen LogP contribution in [0.2, 0.25) is 0 Å². The van der Waals surface area contributed by atoms with Crippen molar-refractivity contribution >= 4 is 11.8 Å². The van der Waals surface area contributed by atoms with Gasteiger partial charge in [0.2, 0.25) is 0 Å². The molecule has 1 fully saturated rings.